The van der Waals surface area contributed by atoms with Crippen molar-refractivity contribution in [1.29, 1.82) is 0 Å². The summed E-state index contributed by atoms with van der Waals surface area (Å²) < 4.78 is 35.7. The number of carbonyl (C=O) groups is 1. The summed E-state index contributed by atoms with van der Waals surface area (Å²) >= 11 is 0. The highest BCUT2D eigenvalue weighted by atomic mass is 32.2. The Balaban J connectivity index is 2.84. The molecule has 1 N–H and O–H groups in total. The third kappa shape index (κ3) is 5.08. The molecule has 6 nitrogen and oxygen atoms in total. The van der Waals surface area contributed by atoms with Crippen molar-refractivity contribution in [2.75, 3.05) is 6.61 Å². The molecule has 1 rings (SSSR count). The topological polar surface area (TPSA) is 81.7 Å². The van der Waals surface area contributed by atoms with Crippen molar-refractivity contribution in [3.8, 4) is 5.75 Å². The second-order valence-electron chi connectivity index (χ2n) is 5.01. The van der Waals surface area contributed by atoms with E-state index < -0.39 is 16.1 Å². The lowest BCUT2D eigenvalue weighted by molar-refractivity contribution is 0.131. The molecule has 1 aromatic carbocycles. The molecular formula is C13H19NO5S. The number of carbonyl (C=O) groups excluding carboxylic acids is 1. The van der Waals surface area contributed by atoms with E-state index in [2.05, 4.69) is 4.74 Å². The first-order valence-electron chi connectivity index (χ1n) is 6.13. The number of amides is 1. The van der Waals surface area contributed by atoms with Crippen LogP contribution in [0.5, 0.6) is 5.75 Å². The fourth-order valence-corrected chi connectivity index (χ4v) is 2.26. The van der Waals surface area contributed by atoms with E-state index in [-0.39, 0.29) is 17.1 Å². The van der Waals surface area contributed by atoms with E-state index in [1.807, 2.05) is 25.5 Å². The van der Waals surface area contributed by atoms with Crippen LogP contribution in [0.2, 0.25) is 0 Å². The van der Waals surface area contributed by atoms with Gasteiger partial charge in [0.05, 0.1) is 11.5 Å². The van der Waals surface area contributed by atoms with Gasteiger partial charge in [-0.2, -0.15) is 0 Å². The highest BCUT2D eigenvalue weighted by Crippen LogP contribution is 2.20. The monoisotopic (exact) mass is 301 g/mol. The van der Waals surface area contributed by atoms with Crippen LogP contribution in [0.4, 0.5) is 4.79 Å². The van der Waals surface area contributed by atoms with Gasteiger partial charge in [0.1, 0.15) is 11.4 Å². The number of ether oxygens (including phenoxy) is 2. The summed E-state index contributed by atoms with van der Waals surface area (Å²) in [6.45, 7) is 7.35. The van der Waals surface area contributed by atoms with Gasteiger partial charge in [0.15, 0.2) is 0 Å². The van der Waals surface area contributed by atoms with E-state index in [9.17, 15) is 13.2 Å². The SMILES string of the molecule is CCOC(=O)NS(=O)(=O)c1ccc(OC(C)(C)C)cc1. The van der Waals surface area contributed by atoms with Crippen molar-refractivity contribution in [1.82, 2.24) is 4.72 Å². The van der Waals surface area contributed by atoms with E-state index >= 15 is 0 Å². The average molecular weight is 301 g/mol. The molecule has 0 radical (unpaired) electrons. The number of nitrogens with one attached hydrogen (secondary N) is 1. The molecule has 0 aromatic heterocycles. The lowest BCUT2D eigenvalue weighted by Gasteiger charge is -2.21. The first kappa shape index (κ1) is 16.3. The van der Waals surface area contributed by atoms with Crippen LogP contribution in [-0.4, -0.2) is 26.7 Å². The first-order chi connectivity index (χ1) is 9.14. The molecule has 20 heavy (non-hydrogen) atoms. The summed E-state index contributed by atoms with van der Waals surface area (Å²) in [4.78, 5) is 11.1. The fourth-order valence-electron chi connectivity index (χ4n) is 1.37. The van der Waals surface area contributed by atoms with Crippen LogP contribution in [0.1, 0.15) is 27.7 Å². The predicted molar refractivity (Wildman–Crippen MR) is 74.2 cm³/mol. The normalized spacial score (nSPS) is 11.8. The smallest absolute Gasteiger partial charge is 0.421 e. The number of rotatable bonds is 4. The van der Waals surface area contributed by atoms with E-state index in [1.165, 1.54) is 24.3 Å². The molecule has 0 aliphatic carbocycles. The highest BCUT2D eigenvalue weighted by Gasteiger charge is 2.19. The first-order valence-corrected chi connectivity index (χ1v) is 7.61. The summed E-state index contributed by atoms with van der Waals surface area (Å²) in [6.07, 6.45) is -0.998. The van der Waals surface area contributed by atoms with Gasteiger partial charge in [0.25, 0.3) is 10.0 Å². The zero-order valence-electron chi connectivity index (χ0n) is 12.0. The van der Waals surface area contributed by atoms with Gasteiger partial charge in [-0.1, -0.05) is 0 Å². The maximum Gasteiger partial charge on any atom is 0.421 e. The number of benzene rings is 1. The maximum atomic E-state index is 11.9. The van der Waals surface area contributed by atoms with Crippen LogP contribution in [0.3, 0.4) is 0 Å². The number of hydrogen-bond donors (Lipinski definition) is 1. The van der Waals surface area contributed by atoms with E-state index in [1.54, 1.807) is 6.92 Å². The lowest BCUT2D eigenvalue weighted by atomic mass is 10.2. The Morgan fingerprint density at radius 3 is 2.20 bits per heavy atom. The molecule has 0 bridgehead atoms. The van der Waals surface area contributed by atoms with Crippen molar-refractivity contribution in [3.05, 3.63) is 24.3 Å². The Morgan fingerprint density at radius 1 is 1.20 bits per heavy atom. The molecular weight excluding hydrogens is 282 g/mol. The Bertz CT molecular complexity index is 557. The Kier molecular flexibility index (Phi) is 4.99. The minimum atomic E-state index is -3.92. The maximum absolute atomic E-state index is 11.9. The molecule has 0 heterocycles. The van der Waals surface area contributed by atoms with Crippen LogP contribution in [0, 0.1) is 0 Å². The van der Waals surface area contributed by atoms with Gasteiger partial charge in [0, 0.05) is 0 Å². The molecule has 1 amide bonds. The quantitative estimate of drug-likeness (QED) is 0.922. The minimum absolute atomic E-state index is 0.0354. The molecule has 0 atom stereocenters. The largest absolute Gasteiger partial charge is 0.488 e. The van der Waals surface area contributed by atoms with Crippen LogP contribution in [-0.2, 0) is 14.8 Å². The van der Waals surface area contributed by atoms with E-state index in [0.29, 0.717) is 5.75 Å². The third-order valence-electron chi connectivity index (χ3n) is 2.05. The molecule has 112 valence electrons. The standard InChI is InChI=1S/C13H19NO5S/c1-5-18-12(15)14-20(16,17)11-8-6-10(7-9-11)19-13(2,3)4/h6-9H,5H2,1-4H3,(H,14,15). The molecule has 0 aliphatic rings. The molecule has 0 spiro atoms. The van der Waals surface area contributed by atoms with Gasteiger partial charge < -0.3 is 9.47 Å². The zero-order chi connectivity index (χ0) is 15.4. The predicted octanol–water partition coefficient (Wildman–Crippen LogP) is 2.30. The molecule has 0 saturated carbocycles. The van der Waals surface area contributed by atoms with Crippen LogP contribution >= 0.6 is 0 Å². The summed E-state index contributed by atoms with van der Waals surface area (Å²) in [7, 11) is -3.92. The van der Waals surface area contributed by atoms with Crippen molar-refractivity contribution in [2.24, 2.45) is 0 Å². The Morgan fingerprint density at radius 2 is 1.75 bits per heavy atom. The van der Waals surface area contributed by atoms with Gasteiger partial charge in [0.2, 0.25) is 0 Å². The second kappa shape index (κ2) is 6.13. The van der Waals surface area contributed by atoms with E-state index in [0.717, 1.165) is 0 Å². The summed E-state index contributed by atoms with van der Waals surface area (Å²) in [6, 6.07) is 5.79. The molecule has 0 aliphatic heterocycles. The van der Waals surface area contributed by atoms with E-state index in [4.69, 9.17) is 4.74 Å². The number of sulfonamides is 1. The average Bonchev–Trinajstić information content (AvgIpc) is 2.26. The molecule has 1 aromatic rings. The van der Waals surface area contributed by atoms with Crippen molar-refractivity contribution in [2.45, 2.75) is 38.2 Å². The van der Waals surface area contributed by atoms with Crippen molar-refractivity contribution >= 4 is 16.1 Å². The van der Waals surface area contributed by atoms with Crippen LogP contribution < -0.4 is 9.46 Å². The lowest BCUT2D eigenvalue weighted by Crippen LogP contribution is -2.31. The fraction of sp³-hybridized carbons (Fsp3) is 0.462. The summed E-state index contributed by atoms with van der Waals surface area (Å²) in [5.41, 5.74) is -0.371. The Hall–Kier alpha value is -1.76. The molecule has 0 fully saturated rings. The van der Waals surface area contributed by atoms with Gasteiger partial charge in [-0.3, -0.25) is 0 Å². The van der Waals surface area contributed by atoms with Crippen LogP contribution in [0.25, 0.3) is 0 Å². The van der Waals surface area contributed by atoms with Gasteiger partial charge >= 0.3 is 6.09 Å². The minimum Gasteiger partial charge on any atom is -0.488 e. The highest BCUT2D eigenvalue weighted by molar-refractivity contribution is 7.90. The Labute approximate surface area is 119 Å². The van der Waals surface area contributed by atoms with Gasteiger partial charge in [-0.25, -0.2) is 17.9 Å². The van der Waals surface area contributed by atoms with Crippen molar-refractivity contribution in [3.63, 3.8) is 0 Å². The van der Waals surface area contributed by atoms with Gasteiger partial charge in [-0.05, 0) is 52.0 Å². The van der Waals surface area contributed by atoms with Crippen LogP contribution in [0.15, 0.2) is 29.2 Å². The zero-order valence-corrected chi connectivity index (χ0v) is 12.8. The second-order valence-corrected chi connectivity index (χ2v) is 6.69. The molecule has 0 unspecified atom stereocenters. The summed E-state index contributed by atoms with van der Waals surface area (Å²) in [5.74, 6) is 0.549. The van der Waals surface area contributed by atoms with Crippen molar-refractivity contribution < 1.29 is 22.7 Å². The molecule has 7 heteroatoms. The van der Waals surface area contributed by atoms with Gasteiger partial charge in [-0.15, -0.1) is 0 Å². The summed E-state index contributed by atoms with van der Waals surface area (Å²) in [5, 5.41) is 0. The molecule has 0 saturated heterocycles. The number of hydrogen-bond acceptors (Lipinski definition) is 5. The third-order valence-corrected chi connectivity index (χ3v) is 3.38.